The number of benzene rings is 2. The number of hydrogen-bond acceptors (Lipinski definition) is 3. The molecule has 0 aliphatic carbocycles. The summed E-state index contributed by atoms with van der Waals surface area (Å²) in [5.74, 6) is -1.47. The van der Waals surface area contributed by atoms with E-state index in [0.29, 0.717) is 23.7 Å². The molecular weight excluding hydrogens is 316 g/mol. The van der Waals surface area contributed by atoms with Gasteiger partial charge in [-0.15, -0.1) is 0 Å². The summed E-state index contributed by atoms with van der Waals surface area (Å²) in [6.45, 7) is 2.62. The first-order chi connectivity index (χ1) is 11.5. The zero-order valence-corrected chi connectivity index (χ0v) is 13.6. The van der Waals surface area contributed by atoms with E-state index in [1.807, 2.05) is 0 Å². The van der Waals surface area contributed by atoms with E-state index in [1.165, 1.54) is 19.2 Å². The van der Waals surface area contributed by atoms with Gasteiger partial charge in [0.15, 0.2) is 23.1 Å². The minimum atomic E-state index is -1.02. The van der Waals surface area contributed by atoms with Gasteiger partial charge in [0.25, 0.3) is 5.91 Å². The molecule has 0 bridgehead atoms. The lowest BCUT2D eigenvalue weighted by atomic mass is 10.1. The summed E-state index contributed by atoms with van der Waals surface area (Å²) in [7, 11) is 1.49. The van der Waals surface area contributed by atoms with Crippen LogP contribution >= 0.6 is 0 Å². The van der Waals surface area contributed by atoms with Gasteiger partial charge >= 0.3 is 0 Å². The van der Waals surface area contributed by atoms with Crippen LogP contribution in [0.3, 0.4) is 0 Å². The van der Waals surface area contributed by atoms with Crippen molar-refractivity contribution in [2.75, 3.05) is 19.0 Å². The molecule has 0 atom stereocenters. The fourth-order valence-corrected chi connectivity index (χ4v) is 2.03. The summed E-state index contributed by atoms with van der Waals surface area (Å²) in [6.07, 6.45) is 1.93. The van der Waals surface area contributed by atoms with Crippen LogP contribution in [0, 0.1) is 11.6 Å². The fourth-order valence-electron chi connectivity index (χ4n) is 2.03. The number of carbonyl (C=O) groups excluding carboxylic acids is 1. The van der Waals surface area contributed by atoms with Crippen LogP contribution in [0.25, 0.3) is 0 Å². The van der Waals surface area contributed by atoms with Crippen molar-refractivity contribution in [3.05, 3.63) is 53.6 Å². The molecule has 0 aliphatic heterocycles. The topological polar surface area (TPSA) is 47.6 Å². The third-order valence-electron chi connectivity index (χ3n) is 3.36. The standard InChI is InChI=1S/C18H19F2NO3/c1-3-4-9-24-16-8-5-12(10-17(16)23-2)18(22)21-13-6-7-14(19)15(20)11-13/h5-8,10-11H,3-4,9H2,1-2H3,(H,21,22). The number of halogens is 2. The summed E-state index contributed by atoms with van der Waals surface area (Å²) in [5.41, 5.74) is 0.487. The van der Waals surface area contributed by atoms with E-state index in [9.17, 15) is 13.6 Å². The Hall–Kier alpha value is -2.63. The number of anilines is 1. The number of rotatable bonds is 7. The second-order valence-corrected chi connectivity index (χ2v) is 5.15. The highest BCUT2D eigenvalue weighted by molar-refractivity contribution is 6.04. The largest absolute Gasteiger partial charge is 0.493 e. The van der Waals surface area contributed by atoms with Crippen LogP contribution < -0.4 is 14.8 Å². The van der Waals surface area contributed by atoms with Gasteiger partial charge in [-0.25, -0.2) is 8.78 Å². The van der Waals surface area contributed by atoms with E-state index >= 15 is 0 Å². The lowest BCUT2D eigenvalue weighted by Crippen LogP contribution is -2.12. The molecule has 0 heterocycles. The highest BCUT2D eigenvalue weighted by Crippen LogP contribution is 2.28. The molecule has 1 N–H and O–H groups in total. The minimum absolute atomic E-state index is 0.168. The number of nitrogens with one attached hydrogen (secondary N) is 1. The van der Waals surface area contributed by atoms with E-state index in [2.05, 4.69) is 12.2 Å². The zero-order chi connectivity index (χ0) is 17.5. The van der Waals surface area contributed by atoms with Gasteiger partial charge in [0, 0.05) is 17.3 Å². The maximum Gasteiger partial charge on any atom is 0.255 e. The van der Waals surface area contributed by atoms with Crippen LogP contribution in [0.1, 0.15) is 30.1 Å². The molecule has 0 saturated carbocycles. The maximum absolute atomic E-state index is 13.2. The Kier molecular flexibility index (Phi) is 6.12. The second kappa shape index (κ2) is 8.29. The molecule has 24 heavy (non-hydrogen) atoms. The Bertz CT molecular complexity index is 719. The van der Waals surface area contributed by atoms with E-state index < -0.39 is 17.5 Å². The molecule has 2 aromatic carbocycles. The Morgan fingerprint density at radius 1 is 1.08 bits per heavy atom. The van der Waals surface area contributed by atoms with Crippen LogP contribution in [0.15, 0.2) is 36.4 Å². The number of amides is 1. The molecule has 0 fully saturated rings. The van der Waals surface area contributed by atoms with Crippen LogP contribution in [0.2, 0.25) is 0 Å². The van der Waals surface area contributed by atoms with Crippen molar-refractivity contribution < 1.29 is 23.0 Å². The molecule has 0 aromatic heterocycles. The van der Waals surface area contributed by atoms with Gasteiger partial charge in [0.2, 0.25) is 0 Å². The molecule has 0 unspecified atom stereocenters. The van der Waals surface area contributed by atoms with E-state index in [1.54, 1.807) is 12.1 Å². The number of ether oxygens (including phenoxy) is 2. The molecule has 128 valence electrons. The Balaban J connectivity index is 2.12. The van der Waals surface area contributed by atoms with Gasteiger partial charge in [-0.3, -0.25) is 4.79 Å². The average Bonchev–Trinajstić information content (AvgIpc) is 2.58. The second-order valence-electron chi connectivity index (χ2n) is 5.15. The normalized spacial score (nSPS) is 10.3. The molecule has 4 nitrogen and oxygen atoms in total. The average molecular weight is 335 g/mol. The molecule has 0 aliphatic rings. The van der Waals surface area contributed by atoms with Crippen molar-refractivity contribution in [1.82, 2.24) is 0 Å². The first-order valence-electron chi connectivity index (χ1n) is 7.62. The van der Waals surface area contributed by atoms with E-state index in [0.717, 1.165) is 25.0 Å². The molecular formula is C18H19F2NO3. The monoisotopic (exact) mass is 335 g/mol. The smallest absolute Gasteiger partial charge is 0.255 e. The predicted molar refractivity (Wildman–Crippen MR) is 87.7 cm³/mol. The van der Waals surface area contributed by atoms with Crippen molar-refractivity contribution >= 4 is 11.6 Å². The van der Waals surface area contributed by atoms with Crippen molar-refractivity contribution in [1.29, 1.82) is 0 Å². The highest BCUT2D eigenvalue weighted by atomic mass is 19.2. The van der Waals surface area contributed by atoms with Gasteiger partial charge in [-0.05, 0) is 36.8 Å². The lowest BCUT2D eigenvalue weighted by Gasteiger charge is -2.12. The summed E-state index contributed by atoms with van der Waals surface area (Å²) in [4.78, 5) is 12.2. The Morgan fingerprint density at radius 3 is 2.54 bits per heavy atom. The van der Waals surface area contributed by atoms with Crippen molar-refractivity contribution in [2.45, 2.75) is 19.8 Å². The minimum Gasteiger partial charge on any atom is -0.493 e. The fraction of sp³-hybridized carbons (Fsp3) is 0.278. The van der Waals surface area contributed by atoms with Crippen molar-refractivity contribution in [2.24, 2.45) is 0 Å². The lowest BCUT2D eigenvalue weighted by molar-refractivity contribution is 0.102. The molecule has 0 saturated heterocycles. The molecule has 2 aromatic rings. The van der Waals surface area contributed by atoms with Gasteiger partial charge in [0.05, 0.1) is 13.7 Å². The SMILES string of the molecule is CCCCOc1ccc(C(=O)Nc2ccc(F)c(F)c2)cc1OC. The van der Waals surface area contributed by atoms with Gasteiger partial charge in [0.1, 0.15) is 0 Å². The van der Waals surface area contributed by atoms with Gasteiger partial charge < -0.3 is 14.8 Å². The molecule has 0 spiro atoms. The number of hydrogen-bond donors (Lipinski definition) is 1. The summed E-state index contributed by atoms with van der Waals surface area (Å²) >= 11 is 0. The van der Waals surface area contributed by atoms with Crippen molar-refractivity contribution in [3.63, 3.8) is 0 Å². The van der Waals surface area contributed by atoms with Gasteiger partial charge in [-0.2, -0.15) is 0 Å². The third kappa shape index (κ3) is 4.44. The molecule has 1 amide bonds. The molecule has 0 radical (unpaired) electrons. The third-order valence-corrected chi connectivity index (χ3v) is 3.36. The Labute approximate surface area is 139 Å². The molecule has 2 rings (SSSR count). The van der Waals surface area contributed by atoms with Crippen LogP contribution in [0.5, 0.6) is 11.5 Å². The molecule has 6 heteroatoms. The Morgan fingerprint density at radius 2 is 1.88 bits per heavy atom. The number of methoxy groups -OCH3 is 1. The highest BCUT2D eigenvalue weighted by Gasteiger charge is 2.12. The summed E-state index contributed by atoms with van der Waals surface area (Å²) < 4.78 is 36.9. The van der Waals surface area contributed by atoms with Crippen LogP contribution in [0.4, 0.5) is 14.5 Å². The first-order valence-corrected chi connectivity index (χ1v) is 7.62. The quantitative estimate of drug-likeness (QED) is 0.763. The zero-order valence-electron chi connectivity index (χ0n) is 13.6. The van der Waals surface area contributed by atoms with Gasteiger partial charge in [-0.1, -0.05) is 13.3 Å². The number of carbonyl (C=O) groups is 1. The van der Waals surface area contributed by atoms with Crippen LogP contribution in [-0.2, 0) is 0 Å². The first kappa shape index (κ1) is 17.7. The van der Waals surface area contributed by atoms with E-state index in [-0.39, 0.29) is 5.69 Å². The van der Waals surface area contributed by atoms with Crippen molar-refractivity contribution in [3.8, 4) is 11.5 Å². The summed E-state index contributed by atoms with van der Waals surface area (Å²) in [6, 6.07) is 7.93. The summed E-state index contributed by atoms with van der Waals surface area (Å²) in [5, 5.41) is 2.51. The van der Waals surface area contributed by atoms with E-state index in [4.69, 9.17) is 9.47 Å². The maximum atomic E-state index is 13.2. The predicted octanol–water partition coefficient (Wildman–Crippen LogP) is 4.40. The number of unbranched alkanes of at least 4 members (excludes halogenated alkanes) is 1. The van der Waals surface area contributed by atoms with Crippen LogP contribution in [-0.4, -0.2) is 19.6 Å².